The number of hydrogen-bond donors (Lipinski definition) is 3. The molecule has 1 saturated heterocycles. The number of hydrogen-bond acceptors (Lipinski definition) is 4. The zero-order chi connectivity index (χ0) is 16.8. The highest BCUT2D eigenvalue weighted by Gasteiger charge is 2.29. The van der Waals surface area contributed by atoms with Crippen LogP contribution in [-0.4, -0.2) is 49.7 Å². The Hall–Kier alpha value is -1.92. The summed E-state index contributed by atoms with van der Waals surface area (Å²) in [6, 6.07) is 9.52. The second-order valence-corrected chi connectivity index (χ2v) is 6.52. The Kier molecular flexibility index (Phi) is 5.82. The Bertz CT molecular complexity index is 554. The van der Waals surface area contributed by atoms with E-state index in [4.69, 9.17) is 4.74 Å². The van der Waals surface area contributed by atoms with Gasteiger partial charge >= 0.3 is 0 Å². The monoisotopic (exact) mass is 331 g/mol. The Morgan fingerprint density at radius 2 is 2.04 bits per heavy atom. The van der Waals surface area contributed by atoms with Gasteiger partial charge in [-0.05, 0) is 18.4 Å². The van der Waals surface area contributed by atoms with Gasteiger partial charge in [0.25, 0.3) is 0 Å². The molecule has 0 bridgehead atoms. The van der Waals surface area contributed by atoms with E-state index in [-0.39, 0.29) is 23.9 Å². The molecule has 1 aliphatic heterocycles. The van der Waals surface area contributed by atoms with Crippen molar-refractivity contribution in [3.8, 4) is 0 Å². The first-order chi connectivity index (χ1) is 11.7. The minimum atomic E-state index is -0.537. The summed E-state index contributed by atoms with van der Waals surface area (Å²) in [6.07, 6.45) is 2.88. The summed E-state index contributed by atoms with van der Waals surface area (Å²) >= 11 is 0. The van der Waals surface area contributed by atoms with Crippen LogP contribution < -0.4 is 16.0 Å². The molecule has 2 amide bonds. The molecule has 2 atom stereocenters. The Morgan fingerprint density at radius 3 is 2.71 bits per heavy atom. The molecule has 3 rings (SSSR count). The largest absolute Gasteiger partial charge is 0.378 e. The van der Waals surface area contributed by atoms with Crippen molar-refractivity contribution < 1.29 is 14.3 Å². The lowest BCUT2D eigenvalue weighted by atomic mass is 10.0. The first-order valence-electron chi connectivity index (χ1n) is 8.65. The van der Waals surface area contributed by atoms with Crippen molar-refractivity contribution in [2.45, 2.75) is 43.8 Å². The van der Waals surface area contributed by atoms with E-state index in [0.717, 1.165) is 24.9 Å². The molecule has 0 spiro atoms. The lowest BCUT2D eigenvalue weighted by molar-refractivity contribution is -0.129. The van der Waals surface area contributed by atoms with Crippen molar-refractivity contribution in [2.75, 3.05) is 19.8 Å². The SMILES string of the molecule is O=C(CC1COCCN1)NC(Cc1ccccc1)C(=O)NC1CC1. The van der Waals surface area contributed by atoms with Crippen LogP contribution in [-0.2, 0) is 20.7 Å². The Morgan fingerprint density at radius 1 is 1.25 bits per heavy atom. The fraction of sp³-hybridized carbons (Fsp3) is 0.556. The van der Waals surface area contributed by atoms with E-state index in [0.29, 0.717) is 26.1 Å². The normalized spacial score (nSPS) is 21.8. The summed E-state index contributed by atoms with van der Waals surface area (Å²) in [5.74, 6) is -0.215. The molecule has 1 aromatic rings. The average molecular weight is 331 g/mol. The van der Waals surface area contributed by atoms with Gasteiger partial charge in [-0.2, -0.15) is 0 Å². The predicted octanol–water partition coefficient (Wildman–Crippen LogP) is 0.371. The van der Waals surface area contributed by atoms with Crippen molar-refractivity contribution in [2.24, 2.45) is 0 Å². The zero-order valence-electron chi connectivity index (χ0n) is 13.8. The van der Waals surface area contributed by atoms with Crippen molar-refractivity contribution >= 4 is 11.8 Å². The number of rotatable bonds is 7. The molecule has 1 aromatic carbocycles. The molecule has 1 saturated carbocycles. The van der Waals surface area contributed by atoms with E-state index in [9.17, 15) is 9.59 Å². The van der Waals surface area contributed by atoms with E-state index < -0.39 is 6.04 Å². The van der Waals surface area contributed by atoms with Gasteiger partial charge in [-0.1, -0.05) is 30.3 Å². The smallest absolute Gasteiger partial charge is 0.243 e. The average Bonchev–Trinajstić information content (AvgIpc) is 3.40. The van der Waals surface area contributed by atoms with Crippen LogP contribution in [0.3, 0.4) is 0 Å². The third-order valence-electron chi connectivity index (χ3n) is 4.29. The minimum Gasteiger partial charge on any atom is -0.378 e. The molecule has 0 aromatic heterocycles. The maximum atomic E-state index is 12.5. The van der Waals surface area contributed by atoms with Gasteiger partial charge < -0.3 is 20.7 Å². The summed E-state index contributed by atoms with van der Waals surface area (Å²) in [5, 5.41) is 9.15. The van der Waals surface area contributed by atoms with Gasteiger partial charge in [0.1, 0.15) is 6.04 Å². The van der Waals surface area contributed by atoms with Crippen LogP contribution in [0.25, 0.3) is 0 Å². The molecular weight excluding hydrogens is 306 g/mol. The maximum Gasteiger partial charge on any atom is 0.243 e. The third kappa shape index (κ3) is 5.32. The van der Waals surface area contributed by atoms with Gasteiger partial charge in [0.05, 0.1) is 13.2 Å². The number of benzene rings is 1. The lowest BCUT2D eigenvalue weighted by Gasteiger charge is -2.24. The van der Waals surface area contributed by atoms with Gasteiger partial charge in [0.15, 0.2) is 0 Å². The minimum absolute atomic E-state index is 0.0163. The van der Waals surface area contributed by atoms with Crippen LogP contribution >= 0.6 is 0 Å². The van der Waals surface area contributed by atoms with Crippen molar-refractivity contribution in [3.63, 3.8) is 0 Å². The summed E-state index contributed by atoms with van der Waals surface area (Å²) in [5.41, 5.74) is 1.04. The molecule has 2 fully saturated rings. The van der Waals surface area contributed by atoms with E-state index >= 15 is 0 Å². The number of ether oxygens (including phenoxy) is 1. The molecule has 2 unspecified atom stereocenters. The highest BCUT2D eigenvalue weighted by molar-refractivity contribution is 5.88. The lowest BCUT2D eigenvalue weighted by Crippen LogP contribution is -2.51. The number of carbonyl (C=O) groups excluding carboxylic acids is 2. The van der Waals surface area contributed by atoms with Crippen LogP contribution in [0, 0.1) is 0 Å². The Balaban J connectivity index is 1.57. The topological polar surface area (TPSA) is 79.5 Å². The first-order valence-corrected chi connectivity index (χ1v) is 8.65. The van der Waals surface area contributed by atoms with Crippen LogP contribution in [0.5, 0.6) is 0 Å². The van der Waals surface area contributed by atoms with E-state index in [1.165, 1.54) is 0 Å². The van der Waals surface area contributed by atoms with Gasteiger partial charge in [0.2, 0.25) is 11.8 Å². The summed E-state index contributed by atoms with van der Waals surface area (Å²) < 4.78 is 5.37. The molecule has 2 aliphatic rings. The summed E-state index contributed by atoms with van der Waals surface area (Å²) in [6.45, 7) is 1.97. The van der Waals surface area contributed by atoms with Gasteiger partial charge in [-0.3, -0.25) is 9.59 Å². The van der Waals surface area contributed by atoms with E-state index in [1.807, 2.05) is 30.3 Å². The van der Waals surface area contributed by atoms with Crippen LogP contribution in [0.15, 0.2) is 30.3 Å². The van der Waals surface area contributed by atoms with Crippen LogP contribution in [0.1, 0.15) is 24.8 Å². The molecule has 3 N–H and O–H groups in total. The van der Waals surface area contributed by atoms with Gasteiger partial charge in [0, 0.05) is 31.5 Å². The van der Waals surface area contributed by atoms with Crippen molar-refractivity contribution in [1.82, 2.24) is 16.0 Å². The third-order valence-corrected chi connectivity index (χ3v) is 4.29. The quantitative estimate of drug-likeness (QED) is 0.674. The van der Waals surface area contributed by atoms with Crippen molar-refractivity contribution in [1.29, 1.82) is 0 Å². The Labute approximate surface area is 142 Å². The van der Waals surface area contributed by atoms with Gasteiger partial charge in [-0.25, -0.2) is 0 Å². The zero-order valence-corrected chi connectivity index (χ0v) is 13.8. The highest BCUT2D eigenvalue weighted by Crippen LogP contribution is 2.19. The second kappa shape index (κ2) is 8.26. The fourth-order valence-electron chi connectivity index (χ4n) is 2.82. The van der Waals surface area contributed by atoms with E-state index in [1.54, 1.807) is 0 Å². The van der Waals surface area contributed by atoms with Crippen LogP contribution in [0.2, 0.25) is 0 Å². The molecule has 130 valence electrons. The first kappa shape index (κ1) is 16.9. The molecule has 1 aliphatic carbocycles. The number of nitrogens with one attached hydrogen (secondary N) is 3. The van der Waals surface area contributed by atoms with E-state index in [2.05, 4.69) is 16.0 Å². The van der Waals surface area contributed by atoms with Crippen molar-refractivity contribution in [3.05, 3.63) is 35.9 Å². The number of morpholine rings is 1. The molecular formula is C18H25N3O3. The highest BCUT2D eigenvalue weighted by atomic mass is 16.5. The molecule has 6 nitrogen and oxygen atoms in total. The fourth-order valence-corrected chi connectivity index (χ4v) is 2.82. The standard InChI is InChI=1S/C18H25N3O3/c22-17(11-15-12-24-9-8-19-15)21-16(18(23)20-14-6-7-14)10-13-4-2-1-3-5-13/h1-5,14-16,19H,6-12H2,(H,20,23)(H,21,22). The predicted molar refractivity (Wildman–Crippen MR) is 90.5 cm³/mol. The molecule has 1 heterocycles. The number of amides is 2. The summed E-state index contributed by atoms with van der Waals surface area (Å²) in [4.78, 5) is 24.8. The molecule has 0 radical (unpaired) electrons. The molecule has 6 heteroatoms. The number of carbonyl (C=O) groups is 2. The van der Waals surface area contributed by atoms with Crippen LogP contribution in [0.4, 0.5) is 0 Å². The second-order valence-electron chi connectivity index (χ2n) is 6.52. The maximum absolute atomic E-state index is 12.5. The summed E-state index contributed by atoms with van der Waals surface area (Å²) in [7, 11) is 0. The van der Waals surface area contributed by atoms with Gasteiger partial charge in [-0.15, -0.1) is 0 Å². The molecule has 24 heavy (non-hydrogen) atoms.